The molecule has 0 aliphatic carbocycles. The number of rotatable bonds is 5. The van der Waals surface area contributed by atoms with Gasteiger partial charge in [-0.15, -0.1) is 13.2 Å². The molecule has 0 spiro atoms. The van der Waals surface area contributed by atoms with Crippen molar-refractivity contribution in [3.05, 3.63) is 48.0 Å². The van der Waals surface area contributed by atoms with E-state index in [0.717, 1.165) is 29.8 Å². The van der Waals surface area contributed by atoms with E-state index in [2.05, 4.69) is 9.46 Å². The van der Waals surface area contributed by atoms with Crippen LogP contribution < -0.4 is 14.2 Å². The molecule has 0 atom stereocenters. The van der Waals surface area contributed by atoms with Gasteiger partial charge < -0.3 is 9.47 Å². The fourth-order valence-electron chi connectivity index (χ4n) is 1.94. The minimum atomic E-state index is -4.91. The van der Waals surface area contributed by atoms with Gasteiger partial charge in [0.15, 0.2) is 0 Å². The monoisotopic (exact) mass is 361 g/mol. The summed E-state index contributed by atoms with van der Waals surface area (Å²) in [5.74, 6) is -0.339. The number of benzene rings is 2. The van der Waals surface area contributed by atoms with E-state index in [4.69, 9.17) is 4.74 Å². The van der Waals surface area contributed by atoms with Crippen molar-refractivity contribution in [2.24, 2.45) is 0 Å². The standard InChI is InChI=1S/C15H14F3NO4S/c1-10-6-7-14(22-2)13(8-10)19-24(20,21)12-5-3-4-11(9-12)23-15(16,17)18/h3-9,19H,1-2H3. The maximum atomic E-state index is 12.4. The molecule has 0 aromatic heterocycles. The number of anilines is 1. The van der Waals surface area contributed by atoms with E-state index in [0.29, 0.717) is 0 Å². The van der Waals surface area contributed by atoms with Crippen LogP contribution in [0.25, 0.3) is 0 Å². The molecule has 0 aliphatic heterocycles. The Morgan fingerprint density at radius 3 is 2.42 bits per heavy atom. The Morgan fingerprint density at radius 2 is 1.79 bits per heavy atom. The molecule has 2 aromatic rings. The second kappa shape index (κ2) is 6.60. The summed E-state index contributed by atoms with van der Waals surface area (Å²) in [6.45, 7) is 1.76. The molecular formula is C15H14F3NO4S. The van der Waals surface area contributed by atoms with Gasteiger partial charge in [0.2, 0.25) is 0 Å². The lowest BCUT2D eigenvalue weighted by Gasteiger charge is -2.14. The predicted molar refractivity (Wildman–Crippen MR) is 81.7 cm³/mol. The second-order valence-electron chi connectivity index (χ2n) is 4.83. The third kappa shape index (κ3) is 4.54. The van der Waals surface area contributed by atoms with Gasteiger partial charge in [-0.1, -0.05) is 12.1 Å². The molecule has 0 heterocycles. The van der Waals surface area contributed by atoms with Crippen LogP contribution in [0.1, 0.15) is 5.56 Å². The zero-order chi connectivity index (χ0) is 18.0. The van der Waals surface area contributed by atoms with Crippen molar-refractivity contribution >= 4 is 15.7 Å². The Morgan fingerprint density at radius 1 is 1.08 bits per heavy atom. The molecule has 0 aliphatic rings. The minimum absolute atomic E-state index is 0.180. The zero-order valence-electron chi connectivity index (χ0n) is 12.7. The lowest BCUT2D eigenvalue weighted by Crippen LogP contribution is -2.18. The molecule has 0 radical (unpaired) electrons. The summed E-state index contributed by atoms with van der Waals surface area (Å²) in [5.41, 5.74) is 0.960. The lowest BCUT2D eigenvalue weighted by molar-refractivity contribution is -0.274. The summed E-state index contributed by atoms with van der Waals surface area (Å²) in [6, 6.07) is 8.98. The van der Waals surface area contributed by atoms with Gasteiger partial charge in [-0.2, -0.15) is 0 Å². The van der Waals surface area contributed by atoms with Crippen molar-refractivity contribution in [3.8, 4) is 11.5 Å². The van der Waals surface area contributed by atoms with E-state index in [1.807, 2.05) is 0 Å². The summed E-state index contributed by atoms with van der Waals surface area (Å²) in [7, 11) is -2.74. The van der Waals surface area contributed by atoms with Gasteiger partial charge in [-0.25, -0.2) is 8.42 Å². The third-order valence-corrected chi connectivity index (χ3v) is 4.31. The van der Waals surface area contributed by atoms with Crippen molar-refractivity contribution in [3.63, 3.8) is 0 Å². The minimum Gasteiger partial charge on any atom is -0.495 e. The van der Waals surface area contributed by atoms with Crippen molar-refractivity contribution in [2.45, 2.75) is 18.2 Å². The highest BCUT2D eigenvalue weighted by molar-refractivity contribution is 7.92. The summed E-state index contributed by atoms with van der Waals surface area (Å²) in [5, 5.41) is 0. The van der Waals surface area contributed by atoms with E-state index < -0.39 is 22.1 Å². The summed E-state index contributed by atoms with van der Waals surface area (Å²) in [4.78, 5) is -0.368. The van der Waals surface area contributed by atoms with Gasteiger partial charge in [-0.3, -0.25) is 4.72 Å². The molecule has 0 amide bonds. The molecule has 130 valence electrons. The Bertz CT molecular complexity index is 835. The molecule has 5 nitrogen and oxygen atoms in total. The maximum Gasteiger partial charge on any atom is 0.573 e. The SMILES string of the molecule is COc1ccc(C)cc1NS(=O)(=O)c1cccc(OC(F)(F)F)c1. The second-order valence-corrected chi connectivity index (χ2v) is 6.51. The van der Waals surface area contributed by atoms with Crippen LogP contribution in [-0.2, 0) is 10.0 Å². The summed E-state index contributed by atoms with van der Waals surface area (Å²) in [6.07, 6.45) is -4.91. The van der Waals surface area contributed by atoms with Gasteiger partial charge in [0.05, 0.1) is 17.7 Å². The molecule has 2 aromatic carbocycles. The van der Waals surface area contributed by atoms with Crippen molar-refractivity contribution in [1.29, 1.82) is 0 Å². The predicted octanol–water partition coefficient (Wildman–Crippen LogP) is 3.70. The highest BCUT2D eigenvalue weighted by Gasteiger charge is 2.31. The molecule has 0 unspecified atom stereocenters. The number of halogens is 3. The highest BCUT2D eigenvalue weighted by atomic mass is 32.2. The summed E-state index contributed by atoms with van der Waals surface area (Å²) < 4.78 is 72.7. The lowest BCUT2D eigenvalue weighted by atomic mass is 10.2. The number of ether oxygens (including phenoxy) is 2. The van der Waals surface area contributed by atoms with E-state index >= 15 is 0 Å². The Hall–Kier alpha value is -2.42. The first-order chi connectivity index (χ1) is 11.1. The van der Waals surface area contributed by atoms with E-state index in [-0.39, 0.29) is 16.3 Å². The van der Waals surface area contributed by atoms with E-state index in [1.54, 1.807) is 25.1 Å². The first-order valence-electron chi connectivity index (χ1n) is 6.64. The Labute approximate surface area is 137 Å². The van der Waals surface area contributed by atoms with Crippen LogP contribution >= 0.6 is 0 Å². The maximum absolute atomic E-state index is 12.4. The molecule has 2 rings (SSSR count). The quantitative estimate of drug-likeness (QED) is 0.882. The van der Waals surface area contributed by atoms with Gasteiger partial charge in [0.1, 0.15) is 11.5 Å². The largest absolute Gasteiger partial charge is 0.573 e. The normalized spacial score (nSPS) is 11.9. The Kier molecular flexibility index (Phi) is 4.93. The van der Waals surface area contributed by atoms with Gasteiger partial charge in [-0.05, 0) is 36.8 Å². The van der Waals surface area contributed by atoms with Crippen LogP contribution in [0.3, 0.4) is 0 Å². The van der Waals surface area contributed by atoms with Crippen LogP contribution in [0, 0.1) is 6.92 Å². The molecule has 0 saturated carbocycles. The smallest absolute Gasteiger partial charge is 0.495 e. The number of methoxy groups -OCH3 is 1. The number of sulfonamides is 1. The number of hydrogen-bond donors (Lipinski definition) is 1. The number of aryl methyl sites for hydroxylation is 1. The number of hydrogen-bond acceptors (Lipinski definition) is 4. The zero-order valence-corrected chi connectivity index (χ0v) is 13.5. The molecule has 0 bridgehead atoms. The van der Waals surface area contributed by atoms with Crippen molar-refractivity contribution in [2.75, 3.05) is 11.8 Å². The van der Waals surface area contributed by atoms with Crippen LogP contribution in [-0.4, -0.2) is 21.9 Å². The molecule has 0 fully saturated rings. The van der Waals surface area contributed by atoms with Crippen LogP contribution in [0.15, 0.2) is 47.4 Å². The van der Waals surface area contributed by atoms with E-state index in [9.17, 15) is 21.6 Å². The average Bonchev–Trinajstić information content (AvgIpc) is 2.45. The van der Waals surface area contributed by atoms with Gasteiger partial charge in [0, 0.05) is 6.07 Å². The van der Waals surface area contributed by atoms with Crippen molar-refractivity contribution in [1.82, 2.24) is 0 Å². The van der Waals surface area contributed by atoms with Crippen LogP contribution in [0.2, 0.25) is 0 Å². The average molecular weight is 361 g/mol. The fraction of sp³-hybridized carbons (Fsp3) is 0.200. The fourth-order valence-corrected chi connectivity index (χ4v) is 3.04. The number of nitrogens with one attached hydrogen (secondary N) is 1. The van der Waals surface area contributed by atoms with E-state index in [1.165, 1.54) is 7.11 Å². The molecule has 0 saturated heterocycles. The van der Waals surface area contributed by atoms with Crippen LogP contribution in [0.5, 0.6) is 11.5 Å². The summed E-state index contributed by atoms with van der Waals surface area (Å²) >= 11 is 0. The topological polar surface area (TPSA) is 64.6 Å². The first-order valence-corrected chi connectivity index (χ1v) is 8.12. The van der Waals surface area contributed by atoms with Crippen LogP contribution in [0.4, 0.5) is 18.9 Å². The Balaban J connectivity index is 2.35. The van der Waals surface area contributed by atoms with Gasteiger partial charge in [0.25, 0.3) is 10.0 Å². The van der Waals surface area contributed by atoms with Gasteiger partial charge >= 0.3 is 6.36 Å². The highest BCUT2D eigenvalue weighted by Crippen LogP contribution is 2.29. The molecule has 24 heavy (non-hydrogen) atoms. The first kappa shape index (κ1) is 17.9. The molecule has 1 N–H and O–H groups in total. The third-order valence-electron chi connectivity index (χ3n) is 2.95. The molecule has 9 heteroatoms. The van der Waals surface area contributed by atoms with Crippen molar-refractivity contribution < 1.29 is 31.1 Å². The number of alkyl halides is 3. The molecular weight excluding hydrogens is 347 g/mol.